The number of hydrogen-bond acceptors (Lipinski definition) is 3. The molecule has 0 amide bonds. The number of nitrogens with two attached hydrogens (primary N) is 1. The molecule has 1 aromatic carbocycles. The summed E-state index contributed by atoms with van der Waals surface area (Å²) in [5.74, 6) is 0.834. The van der Waals surface area contributed by atoms with Gasteiger partial charge in [0.25, 0.3) is 0 Å². The third kappa shape index (κ3) is 3.47. The van der Waals surface area contributed by atoms with Crippen molar-refractivity contribution >= 4 is 0 Å². The van der Waals surface area contributed by atoms with Gasteiger partial charge in [0.15, 0.2) is 0 Å². The van der Waals surface area contributed by atoms with E-state index in [1.54, 1.807) is 0 Å². The first-order valence-electron chi connectivity index (χ1n) is 8.43. The molecule has 2 aliphatic rings. The molecule has 1 heterocycles. The van der Waals surface area contributed by atoms with Crippen molar-refractivity contribution in [2.75, 3.05) is 33.2 Å². The molecule has 0 aromatic heterocycles. The molecule has 1 aliphatic heterocycles. The van der Waals surface area contributed by atoms with E-state index < -0.39 is 0 Å². The highest BCUT2D eigenvalue weighted by molar-refractivity contribution is 5.30. The molecule has 1 aliphatic carbocycles. The Kier molecular flexibility index (Phi) is 4.63. The van der Waals surface area contributed by atoms with Crippen LogP contribution in [0.1, 0.15) is 49.3 Å². The molecular formula is C18H29N3. The maximum atomic E-state index is 6.14. The Balaban J connectivity index is 1.76. The Morgan fingerprint density at radius 1 is 1.19 bits per heavy atom. The van der Waals surface area contributed by atoms with Crippen LogP contribution in [0.2, 0.25) is 0 Å². The lowest BCUT2D eigenvalue weighted by molar-refractivity contribution is 0.146. The van der Waals surface area contributed by atoms with Crippen LogP contribution in [-0.4, -0.2) is 49.1 Å². The molecule has 2 atom stereocenters. The Morgan fingerprint density at radius 3 is 2.52 bits per heavy atom. The van der Waals surface area contributed by atoms with Crippen molar-refractivity contribution in [3.8, 4) is 0 Å². The van der Waals surface area contributed by atoms with Crippen molar-refractivity contribution in [3.05, 3.63) is 35.4 Å². The van der Waals surface area contributed by atoms with Crippen LogP contribution >= 0.6 is 0 Å². The van der Waals surface area contributed by atoms with Crippen molar-refractivity contribution < 1.29 is 0 Å². The van der Waals surface area contributed by atoms with E-state index in [9.17, 15) is 0 Å². The average molecular weight is 287 g/mol. The first-order chi connectivity index (χ1) is 10.2. The summed E-state index contributed by atoms with van der Waals surface area (Å²) in [5, 5.41) is 0. The minimum atomic E-state index is 0.361. The van der Waals surface area contributed by atoms with Gasteiger partial charge in [-0.15, -0.1) is 0 Å². The van der Waals surface area contributed by atoms with Crippen LogP contribution < -0.4 is 5.73 Å². The molecule has 1 saturated heterocycles. The van der Waals surface area contributed by atoms with Crippen molar-refractivity contribution in [2.45, 2.75) is 44.2 Å². The maximum absolute atomic E-state index is 6.14. The molecular weight excluding hydrogens is 258 g/mol. The molecule has 0 radical (unpaired) electrons. The molecule has 0 spiro atoms. The fraction of sp³-hybridized carbons (Fsp3) is 0.667. The molecule has 0 bridgehead atoms. The number of hydrogen-bond donors (Lipinski definition) is 1. The van der Waals surface area contributed by atoms with Gasteiger partial charge in [-0.05, 0) is 56.8 Å². The van der Waals surface area contributed by atoms with E-state index in [0.29, 0.717) is 18.6 Å². The van der Waals surface area contributed by atoms with Gasteiger partial charge in [0.2, 0.25) is 0 Å². The van der Waals surface area contributed by atoms with Gasteiger partial charge in [-0.3, -0.25) is 4.90 Å². The molecule has 2 fully saturated rings. The second-order valence-corrected chi connectivity index (χ2v) is 6.90. The second-order valence-electron chi connectivity index (χ2n) is 6.90. The molecule has 2 unspecified atom stereocenters. The lowest BCUT2D eigenvalue weighted by atomic mass is 10.0. The number of benzene rings is 1. The normalized spacial score (nSPS) is 26.5. The van der Waals surface area contributed by atoms with Gasteiger partial charge in [0.1, 0.15) is 0 Å². The van der Waals surface area contributed by atoms with Crippen LogP contribution in [0.25, 0.3) is 0 Å². The summed E-state index contributed by atoms with van der Waals surface area (Å²) in [6.45, 7) is 6.52. The van der Waals surface area contributed by atoms with Crippen molar-refractivity contribution in [1.29, 1.82) is 0 Å². The molecule has 3 rings (SSSR count). The van der Waals surface area contributed by atoms with Crippen LogP contribution in [0.3, 0.4) is 0 Å². The van der Waals surface area contributed by atoms with Crippen molar-refractivity contribution in [1.82, 2.24) is 9.80 Å². The number of likely N-dealkylation sites (N-methyl/N-ethyl adjacent to an activating group) is 1. The second kappa shape index (κ2) is 6.47. The number of nitrogens with zero attached hydrogens (tertiary/aromatic N) is 2. The van der Waals surface area contributed by atoms with E-state index in [2.05, 4.69) is 48.0 Å². The molecule has 116 valence electrons. The van der Waals surface area contributed by atoms with E-state index in [-0.39, 0.29) is 0 Å². The third-order valence-corrected chi connectivity index (χ3v) is 5.09. The maximum Gasteiger partial charge on any atom is 0.0473 e. The SMILES string of the molecule is CC1CN(C)CCCN1C(CN)c1ccc(C2CC2)cc1. The van der Waals surface area contributed by atoms with Crippen LogP contribution in [0.15, 0.2) is 24.3 Å². The zero-order chi connectivity index (χ0) is 14.8. The largest absolute Gasteiger partial charge is 0.329 e. The number of rotatable bonds is 4. The third-order valence-electron chi connectivity index (χ3n) is 5.09. The van der Waals surface area contributed by atoms with E-state index in [4.69, 9.17) is 5.73 Å². The highest BCUT2D eigenvalue weighted by atomic mass is 15.3. The summed E-state index contributed by atoms with van der Waals surface area (Å²) >= 11 is 0. The smallest absolute Gasteiger partial charge is 0.0473 e. The first-order valence-corrected chi connectivity index (χ1v) is 8.43. The molecule has 21 heavy (non-hydrogen) atoms. The summed E-state index contributed by atoms with van der Waals surface area (Å²) in [6.07, 6.45) is 3.97. The molecule has 1 aromatic rings. The average Bonchev–Trinajstić information content (AvgIpc) is 3.31. The minimum absolute atomic E-state index is 0.361. The standard InChI is InChI=1S/C18H29N3/c1-14-13-20(2)10-3-11-21(14)18(12-19)17-8-6-16(7-9-17)15-4-5-15/h6-9,14-15,18H,3-5,10-13,19H2,1-2H3. The Morgan fingerprint density at radius 2 is 1.90 bits per heavy atom. The lowest BCUT2D eigenvalue weighted by Gasteiger charge is -2.35. The highest BCUT2D eigenvalue weighted by Gasteiger charge is 2.28. The van der Waals surface area contributed by atoms with Crippen molar-refractivity contribution in [3.63, 3.8) is 0 Å². The van der Waals surface area contributed by atoms with Gasteiger partial charge in [-0.25, -0.2) is 0 Å². The quantitative estimate of drug-likeness (QED) is 0.924. The Bertz CT molecular complexity index is 452. The monoisotopic (exact) mass is 287 g/mol. The predicted octanol–water partition coefficient (Wildman–Crippen LogP) is 2.59. The van der Waals surface area contributed by atoms with Gasteiger partial charge in [-0.1, -0.05) is 24.3 Å². The summed E-state index contributed by atoms with van der Waals surface area (Å²) in [6, 6.07) is 10.2. The summed E-state index contributed by atoms with van der Waals surface area (Å²) < 4.78 is 0. The van der Waals surface area contributed by atoms with E-state index in [1.165, 1.54) is 36.9 Å². The predicted molar refractivity (Wildman–Crippen MR) is 88.5 cm³/mol. The molecule has 3 heteroatoms. The lowest BCUT2D eigenvalue weighted by Crippen LogP contribution is -2.42. The summed E-state index contributed by atoms with van der Waals surface area (Å²) in [5.41, 5.74) is 9.04. The molecule has 3 nitrogen and oxygen atoms in total. The van der Waals surface area contributed by atoms with Crippen LogP contribution in [0.4, 0.5) is 0 Å². The van der Waals surface area contributed by atoms with Gasteiger partial charge < -0.3 is 10.6 Å². The van der Waals surface area contributed by atoms with E-state index in [0.717, 1.165) is 19.0 Å². The Hall–Kier alpha value is -0.900. The Labute approximate surface area is 129 Å². The van der Waals surface area contributed by atoms with Crippen LogP contribution in [0.5, 0.6) is 0 Å². The fourth-order valence-corrected chi connectivity index (χ4v) is 3.72. The van der Waals surface area contributed by atoms with Crippen LogP contribution in [-0.2, 0) is 0 Å². The van der Waals surface area contributed by atoms with Gasteiger partial charge in [0.05, 0.1) is 0 Å². The van der Waals surface area contributed by atoms with E-state index in [1.807, 2.05) is 0 Å². The highest BCUT2D eigenvalue weighted by Crippen LogP contribution is 2.40. The topological polar surface area (TPSA) is 32.5 Å². The summed E-state index contributed by atoms with van der Waals surface area (Å²) in [4.78, 5) is 5.05. The van der Waals surface area contributed by atoms with Crippen LogP contribution in [0, 0.1) is 0 Å². The summed E-state index contributed by atoms with van der Waals surface area (Å²) in [7, 11) is 2.22. The zero-order valence-corrected chi connectivity index (χ0v) is 13.5. The van der Waals surface area contributed by atoms with Gasteiger partial charge >= 0.3 is 0 Å². The minimum Gasteiger partial charge on any atom is -0.329 e. The molecule has 2 N–H and O–H groups in total. The fourth-order valence-electron chi connectivity index (χ4n) is 3.72. The zero-order valence-electron chi connectivity index (χ0n) is 13.5. The van der Waals surface area contributed by atoms with Gasteiger partial charge in [0, 0.05) is 31.7 Å². The molecule has 1 saturated carbocycles. The van der Waals surface area contributed by atoms with Gasteiger partial charge in [-0.2, -0.15) is 0 Å². The van der Waals surface area contributed by atoms with E-state index >= 15 is 0 Å². The first kappa shape index (κ1) is 15.0. The van der Waals surface area contributed by atoms with Crippen molar-refractivity contribution in [2.24, 2.45) is 5.73 Å².